The van der Waals surface area contributed by atoms with Crippen LogP contribution in [0.25, 0.3) is 5.65 Å². The van der Waals surface area contributed by atoms with Crippen molar-refractivity contribution in [3.8, 4) is 0 Å². The van der Waals surface area contributed by atoms with Crippen LogP contribution in [0.4, 0.5) is 0 Å². The van der Waals surface area contributed by atoms with Crippen LogP contribution in [0.15, 0.2) is 29.4 Å². The number of hydrogen-bond acceptors (Lipinski definition) is 4. The minimum absolute atomic E-state index is 0.000611. The number of nitrogens with zero attached hydrogens (tertiary/aromatic N) is 4. The Labute approximate surface area is 130 Å². The number of halogens is 1. The minimum Gasteiger partial charge on any atom is -0.309 e. The van der Waals surface area contributed by atoms with Crippen LogP contribution < -0.4 is 0 Å². The summed E-state index contributed by atoms with van der Waals surface area (Å²) in [7, 11) is 1.80. The fourth-order valence-electron chi connectivity index (χ4n) is 2.05. The maximum atomic E-state index is 12.7. The molecule has 0 unspecified atom stereocenters. The van der Waals surface area contributed by atoms with Crippen molar-refractivity contribution in [2.45, 2.75) is 11.4 Å². The van der Waals surface area contributed by atoms with Crippen LogP contribution >= 0.6 is 11.6 Å². The van der Waals surface area contributed by atoms with Crippen molar-refractivity contribution in [3.05, 3.63) is 29.5 Å². The highest BCUT2D eigenvalue weighted by molar-refractivity contribution is 7.89. The summed E-state index contributed by atoms with van der Waals surface area (Å²) in [5.74, 6) is 0. The monoisotopic (exact) mass is 330 g/mol. The number of imidazole rings is 1. The molecule has 2 aromatic heterocycles. The Morgan fingerprint density at radius 1 is 1.24 bits per heavy atom. The van der Waals surface area contributed by atoms with Crippen LogP contribution in [0, 0.1) is 0 Å². The van der Waals surface area contributed by atoms with Crippen molar-refractivity contribution in [2.24, 2.45) is 0 Å². The largest absolute Gasteiger partial charge is 0.309 e. The number of sulfonamides is 1. The van der Waals surface area contributed by atoms with Gasteiger partial charge < -0.3 is 4.90 Å². The topological polar surface area (TPSA) is 57.9 Å². The third kappa shape index (κ3) is 3.37. The Morgan fingerprint density at radius 2 is 1.95 bits per heavy atom. The van der Waals surface area contributed by atoms with Gasteiger partial charge in [-0.1, -0.05) is 17.7 Å². The van der Waals surface area contributed by atoms with Crippen molar-refractivity contribution in [3.63, 3.8) is 0 Å². The lowest BCUT2D eigenvalue weighted by molar-refractivity contribution is 0.370. The lowest BCUT2D eigenvalue weighted by atomic mass is 10.4. The second-order valence-corrected chi connectivity index (χ2v) is 7.44. The van der Waals surface area contributed by atoms with Crippen LogP contribution in [-0.2, 0) is 10.0 Å². The molecule has 0 aliphatic heterocycles. The molecular weight excluding hydrogens is 312 g/mol. The first kappa shape index (κ1) is 16.2. The molecule has 0 aromatic carbocycles. The Bertz CT molecular complexity index is 727. The van der Waals surface area contributed by atoms with Crippen LogP contribution in [0.2, 0.25) is 5.15 Å². The van der Waals surface area contributed by atoms with Crippen molar-refractivity contribution >= 4 is 27.3 Å². The van der Waals surface area contributed by atoms with Gasteiger partial charge in [0.25, 0.3) is 10.0 Å². The normalized spacial score (nSPS) is 12.7. The maximum Gasteiger partial charge on any atom is 0.262 e. The van der Waals surface area contributed by atoms with Gasteiger partial charge in [0.15, 0.2) is 10.2 Å². The summed E-state index contributed by atoms with van der Waals surface area (Å²) in [6.45, 7) is 1.25. The smallest absolute Gasteiger partial charge is 0.262 e. The van der Waals surface area contributed by atoms with E-state index in [1.165, 1.54) is 8.71 Å². The summed E-state index contributed by atoms with van der Waals surface area (Å²) < 4.78 is 28.2. The van der Waals surface area contributed by atoms with E-state index in [1.54, 1.807) is 31.4 Å². The number of pyridine rings is 1. The molecule has 0 saturated carbocycles. The van der Waals surface area contributed by atoms with Crippen LogP contribution in [0.3, 0.4) is 0 Å². The van der Waals surface area contributed by atoms with Crippen LogP contribution in [-0.4, -0.2) is 61.2 Å². The molecule has 0 aliphatic rings. The van der Waals surface area contributed by atoms with E-state index in [0.29, 0.717) is 12.2 Å². The van der Waals surface area contributed by atoms with Crippen molar-refractivity contribution in [1.29, 1.82) is 0 Å². The zero-order valence-electron chi connectivity index (χ0n) is 12.3. The second kappa shape index (κ2) is 6.31. The molecule has 0 spiro atoms. The van der Waals surface area contributed by atoms with E-state index in [0.717, 1.165) is 13.0 Å². The van der Waals surface area contributed by atoms with Gasteiger partial charge in [-0.05, 0) is 39.2 Å². The molecule has 0 bridgehead atoms. The Morgan fingerprint density at radius 3 is 2.62 bits per heavy atom. The Hall–Kier alpha value is -1.15. The van der Waals surface area contributed by atoms with Crippen molar-refractivity contribution in [1.82, 2.24) is 18.6 Å². The summed E-state index contributed by atoms with van der Waals surface area (Å²) in [6, 6.07) is 5.25. The molecule has 0 radical (unpaired) electrons. The van der Waals surface area contributed by atoms with Gasteiger partial charge in [0.2, 0.25) is 0 Å². The maximum absolute atomic E-state index is 12.7. The van der Waals surface area contributed by atoms with Gasteiger partial charge in [-0.25, -0.2) is 13.4 Å². The highest BCUT2D eigenvalue weighted by Gasteiger charge is 2.28. The molecule has 2 aromatic rings. The van der Waals surface area contributed by atoms with Crippen LogP contribution in [0.5, 0.6) is 0 Å². The fraction of sp³-hybridized carbons (Fsp3) is 0.462. The first-order chi connectivity index (χ1) is 9.84. The van der Waals surface area contributed by atoms with Crippen molar-refractivity contribution < 1.29 is 8.42 Å². The van der Waals surface area contributed by atoms with Gasteiger partial charge in [0.1, 0.15) is 5.65 Å². The van der Waals surface area contributed by atoms with Gasteiger partial charge in [0, 0.05) is 19.8 Å². The predicted molar refractivity (Wildman–Crippen MR) is 83.2 cm³/mol. The molecule has 0 amide bonds. The van der Waals surface area contributed by atoms with E-state index in [2.05, 4.69) is 4.98 Å². The average molecular weight is 331 g/mol. The Kier molecular flexibility index (Phi) is 4.88. The van der Waals surface area contributed by atoms with Gasteiger partial charge in [0.05, 0.1) is 0 Å². The molecule has 6 nitrogen and oxygen atoms in total. The van der Waals surface area contributed by atoms with Gasteiger partial charge >= 0.3 is 0 Å². The fourth-order valence-corrected chi connectivity index (χ4v) is 3.85. The molecule has 0 fully saturated rings. The number of aromatic nitrogens is 2. The predicted octanol–water partition coefficient (Wildman–Crippen LogP) is 1.56. The first-order valence-corrected chi connectivity index (χ1v) is 8.39. The standard InChI is InChI=1S/C13H19ClN4O2S/c1-16(2)8-6-9-17(3)21(19,20)13-12(14)15-11-7-4-5-10-18(11)13/h4-5,7,10H,6,8-9H2,1-3H3. The quantitative estimate of drug-likeness (QED) is 0.806. The first-order valence-electron chi connectivity index (χ1n) is 6.57. The van der Waals surface area contributed by atoms with E-state index in [4.69, 9.17) is 11.6 Å². The lowest BCUT2D eigenvalue weighted by Crippen LogP contribution is -2.30. The highest BCUT2D eigenvalue weighted by Crippen LogP contribution is 2.25. The third-order valence-corrected chi connectivity index (χ3v) is 5.44. The molecule has 0 N–H and O–H groups in total. The number of rotatable bonds is 6. The molecule has 0 aliphatic carbocycles. The van der Waals surface area contributed by atoms with Crippen LogP contribution in [0.1, 0.15) is 6.42 Å². The SMILES string of the molecule is CN(C)CCCN(C)S(=O)(=O)c1c(Cl)nc2ccccn12. The molecule has 0 saturated heterocycles. The number of fused-ring (bicyclic) bond motifs is 1. The summed E-state index contributed by atoms with van der Waals surface area (Å²) in [4.78, 5) is 6.10. The van der Waals surface area contributed by atoms with Gasteiger partial charge in [-0.15, -0.1) is 0 Å². The summed E-state index contributed by atoms with van der Waals surface area (Å²) >= 11 is 6.03. The van der Waals surface area contributed by atoms with Crippen molar-refractivity contribution in [2.75, 3.05) is 34.2 Å². The summed E-state index contributed by atoms with van der Waals surface area (Å²) in [6.07, 6.45) is 2.39. The summed E-state index contributed by atoms with van der Waals surface area (Å²) in [5.41, 5.74) is 0.516. The number of hydrogen-bond donors (Lipinski definition) is 0. The van der Waals surface area contributed by atoms with E-state index < -0.39 is 10.0 Å². The molecule has 8 heteroatoms. The molecule has 116 valence electrons. The molecular formula is C13H19ClN4O2S. The van der Waals surface area contributed by atoms with Gasteiger partial charge in [-0.3, -0.25) is 4.40 Å². The molecule has 21 heavy (non-hydrogen) atoms. The second-order valence-electron chi connectivity index (χ2n) is 5.12. The Balaban J connectivity index is 2.31. The highest BCUT2D eigenvalue weighted by atomic mass is 35.5. The molecule has 2 rings (SSSR count). The van der Waals surface area contributed by atoms with E-state index in [9.17, 15) is 8.42 Å². The van der Waals surface area contributed by atoms with E-state index in [-0.39, 0.29) is 10.2 Å². The third-order valence-electron chi connectivity index (χ3n) is 3.18. The van der Waals surface area contributed by atoms with E-state index in [1.807, 2.05) is 19.0 Å². The van der Waals surface area contributed by atoms with Gasteiger partial charge in [-0.2, -0.15) is 4.31 Å². The minimum atomic E-state index is -3.67. The molecule has 2 heterocycles. The zero-order chi connectivity index (χ0) is 15.6. The average Bonchev–Trinajstić information content (AvgIpc) is 2.74. The lowest BCUT2D eigenvalue weighted by Gasteiger charge is -2.18. The molecule has 0 atom stereocenters. The van der Waals surface area contributed by atoms with E-state index >= 15 is 0 Å². The summed E-state index contributed by atoms with van der Waals surface area (Å²) in [5, 5.41) is 0.0211. The zero-order valence-corrected chi connectivity index (χ0v) is 13.9.